The van der Waals surface area contributed by atoms with Gasteiger partial charge in [0.2, 0.25) is 0 Å². The first-order valence-electron chi connectivity index (χ1n) is 13.1. The highest BCUT2D eigenvalue weighted by Crippen LogP contribution is 2.58. The Hall–Kier alpha value is -2.18. The van der Waals surface area contributed by atoms with Crippen molar-refractivity contribution in [3.05, 3.63) is 47.8 Å². The molecular formula is C29H43NO5. The number of hydrogen-bond acceptors (Lipinski definition) is 5. The second-order valence-corrected chi connectivity index (χ2v) is 11.3. The van der Waals surface area contributed by atoms with Crippen LogP contribution in [0.1, 0.15) is 60.3 Å². The van der Waals surface area contributed by atoms with E-state index in [1.54, 1.807) is 12.2 Å². The largest absolute Gasteiger partial charge is 0.511 e. The molecule has 1 saturated heterocycles. The Bertz CT molecular complexity index is 900. The number of amides is 1. The summed E-state index contributed by atoms with van der Waals surface area (Å²) in [5, 5.41) is 34.9. The molecule has 0 aromatic carbocycles. The number of aliphatic hydroxyl groups is 3. The molecule has 0 unspecified atom stereocenters. The molecule has 1 amide bonds. The minimum Gasteiger partial charge on any atom is -0.511 e. The molecule has 2 aliphatic carbocycles. The topological polar surface area (TPSA) is 107 Å². The number of carbonyl (C=O) groups excluding carboxylic acids is 2. The zero-order valence-electron chi connectivity index (χ0n) is 21.8. The van der Waals surface area contributed by atoms with E-state index in [4.69, 9.17) is 0 Å². The molecule has 6 nitrogen and oxygen atoms in total. The fourth-order valence-corrected chi connectivity index (χ4v) is 6.77. The summed E-state index contributed by atoms with van der Waals surface area (Å²) < 4.78 is 0. The lowest BCUT2D eigenvalue weighted by molar-refractivity contribution is -0.118. The van der Waals surface area contributed by atoms with Crippen molar-refractivity contribution < 1.29 is 24.9 Å². The molecular weight excluding hydrogens is 442 g/mol. The van der Waals surface area contributed by atoms with E-state index < -0.39 is 23.5 Å². The quantitative estimate of drug-likeness (QED) is 0.135. The molecule has 1 aliphatic heterocycles. The minimum atomic E-state index is -0.837. The van der Waals surface area contributed by atoms with E-state index in [9.17, 15) is 24.9 Å². The standard InChI is InChI=1S/C29H43NO5/c1-6-23(32)18(3)9-7-8-10-22(31)15-21-12-11-20-14-17(2)13-19(4)26(20)29(21,5)27(34)25-24(33)16-30-28(25)35/h7-12,17-23,26,31-32,34H,6,13-16H2,1-5H3,(H,30,35)/b9-7+,10-8+,27-25?/t17-,18+,19-,20-,21+,22+,23+,26+,29+/m1/s1. The van der Waals surface area contributed by atoms with Crippen molar-refractivity contribution in [3.8, 4) is 0 Å². The number of fused-ring (bicyclic) bond motifs is 1. The monoisotopic (exact) mass is 485 g/mol. The van der Waals surface area contributed by atoms with Gasteiger partial charge in [0.25, 0.3) is 5.91 Å². The van der Waals surface area contributed by atoms with Gasteiger partial charge >= 0.3 is 0 Å². The van der Waals surface area contributed by atoms with E-state index in [-0.39, 0.29) is 47.3 Å². The van der Waals surface area contributed by atoms with Gasteiger partial charge in [-0.2, -0.15) is 0 Å². The molecule has 1 heterocycles. The highest BCUT2D eigenvalue weighted by Gasteiger charge is 2.54. The summed E-state index contributed by atoms with van der Waals surface area (Å²) in [6, 6.07) is 0. The highest BCUT2D eigenvalue weighted by molar-refractivity contribution is 6.25. The first-order chi connectivity index (χ1) is 16.5. The molecule has 3 rings (SSSR count). The highest BCUT2D eigenvalue weighted by atomic mass is 16.3. The van der Waals surface area contributed by atoms with Crippen LogP contribution in [0.2, 0.25) is 0 Å². The Morgan fingerprint density at radius 2 is 1.86 bits per heavy atom. The van der Waals surface area contributed by atoms with Gasteiger partial charge in [0.1, 0.15) is 11.3 Å². The van der Waals surface area contributed by atoms with Crippen molar-refractivity contribution in [2.45, 2.75) is 72.5 Å². The fraction of sp³-hybridized carbons (Fsp3) is 0.655. The zero-order chi connectivity index (χ0) is 25.9. The van der Waals surface area contributed by atoms with Gasteiger partial charge in [-0.3, -0.25) is 9.59 Å². The number of nitrogens with one attached hydrogen (secondary N) is 1. The van der Waals surface area contributed by atoms with Crippen molar-refractivity contribution in [3.63, 3.8) is 0 Å². The Kier molecular flexibility index (Phi) is 8.81. The molecule has 3 aliphatic rings. The summed E-state index contributed by atoms with van der Waals surface area (Å²) in [5.74, 6) is -0.0397. The van der Waals surface area contributed by atoms with Crippen LogP contribution in [-0.4, -0.2) is 45.8 Å². The molecule has 6 heteroatoms. The van der Waals surface area contributed by atoms with Gasteiger partial charge < -0.3 is 20.6 Å². The number of ketones is 1. The van der Waals surface area contributed by atoms with E-state index in [0.717, 1.165) is 12.8 Å². The van der Waals surface area contributed by atoms with E-state index in [1.807, 2.05) is 32.9 Å². The van der Waals surface area contributed by atoms with Gasteiger partial charge in [-0.25, -0.2) is 0 Å². The summed E-state index contributed by atoms with van der Waals surface area (Å²) in [6.07, 6.45) is 13.5. The Labute approximate surface area is 209 Å². The molecule has 0 aromatic rings. The molecule has 1 saturated carbocycles. The Balaban J connectivity index is 1.90. The van der Waals surface area contributed by atoms with Crippen LogP contribution in [0, 0.1) is 40.9 Å². The van der Waals surface area contributed by atoms with Crippen molar-refractivity contribution in [2.24, 2.45) is 40.9 Å². The molecule has 0 bridgehead atoms. The molecule has 9 atom stereocenters. The van der Waals surface area contributed by atoms with Crippen LogP contribution in [-0.2, 0) is 9.59 Å². The van der Waals surface area contributed by atoms with Gasteiger partial charge in [0.05, 0.1) is 18.8 Å². The summed E-state index contributed by atoms with van der Waals surface area (Å²) >= 11 is 0. The maximum atomic E-state index is 12.5. The second kappa shape index (κ2) is 11.3. The van der Waals surface area contributed by atoms with Crippen LogP contribution in [0.3, 0.4) is 0 Å². The average Bonchev–Trinajstić information content (AvgIpc) is 3.14. The van der Waals surface area contributed by atoms with Gasteiger partial charge in [-0.05, 0) is 55.3 Å². The number of carbonyl (C=O) groups is 2. The summed E-state index contributed by atoms with van der Waals surface area (Å²) in [7, 11) is 0. The number of aliphatic hydroxyl groups excluding tert-OH is 3. The lowest BCUT2D eigenvalue weighted by Gasteiger charge is -2.54. The lowest BCUT2D eigenvalue weighted by Crippen LogP contribution is -2.49. The van der Waals surface area contributed by atoms with Gasteiger partial charge in [-0.15, -0.1) is 0 Å². The maximum Gasteiger partial charge on any atom is 0.258 e. The molecule has 35 heavy (non-hydrogen) atoms. The smallest absolute Gasteiger partial charge is 0.258 e. The predicted octanol–water partition coefficient (Wildman–Crippen LogP) is 4.26. The predicted molar refractivity (Wildman–Crippen MR) is 137 cm³/mol. The first-order valence-corrected chi connectivity index (χ1v) is 13.1. The van der Waals surface area contributed by atoms with Gasteiger partial charge in [0.15, 0.2) is 5.78 Å². The molecule has 4 N–H and O–H groups in total. The van der Waals surface area contributed by atoms with Crippen molar-refractivity contribution >= 4 is 11.7 Å². The summed E-state index contributed by atoms with van der Waals surface area (Å²) in [6.45, 7) is 10.2. The van der Waals surface area contributed by atoms with Crippen LogP contribution in [0.5, 0.6) is 0 Å². The molecule has 0 spiro atoms. The zero-order valence-corrected chi connectivity index (χ0v) is 21.8. The van der Waals surface area contributed by atoms with Gasteiger partial charge in [-0.1, -0.05) is 71.1 Å². The van der Waals surface area contributed by atoms with Crippen LogP contribution in [0.4, 0.5) is 0 Å². The Morgan fingerprint density at radius 1 is 1.17 bits per heavy atom. The normalized spacial score (nSPS) is 37.4. The van der Waals surface area contributed by atoms with E-state index >= 15 is 0 Å². The number of hydrogen-bond donors (Lipinski definition) is 4. The lowest BCUT2D eigenvalue weighted by atomic mass is 9.50. The third-order valence-corrected chi connectivity index (χ3v) is 8.62. The minimum absolute atomic E-state index is 0.0251. The fourth-order valence-electron chi connectivity index (χ4n) is 6.77. The van der Waals surface area contributed by atoms with Gasteiger partial charge in [0, 0.05) is 11.3 Å². The Morgan fingerprint density at radius 3 is 2.49 bits per heavy atom. The van der Waals surface area contributed by atoms with Crippen LogP contribution >= 0.6 is 0 Å². The van der Waals surface area contributed by atoms with Crippen LogP contribution in [0.15, 0.2) is 47.8 Å². The maximum absolute atomic E-state index is 12.5. The molecule has 2 fully saturated rings. The summed E-state index contributed by atoms with van der Waals surface area (Å²) in [4.78, 5) is 25.0. The third-order valence-electron chi connectivity index (χ3n) is 8.62. The SMILES string of the molecule is CC[C@H](O)[C@@H](C)/C=C/C=C/[C@H](O)C[C@@H]1C=C[C@@H]2C[C@H](C)C[C@@H](C)[C@@H]2[C@@]1(C)C(O)=C1C(=O)CNC1=O. The van der Waals surface area contributed by atoms with Crippen molar-refractivity contribution in [1.29, 1.82) is 0 Å². The number of Topliss-reactive ketones (excluding diaryl/α,β-unsaturated/α-hetero) is 1. The first kappa shape index (κ1) is 27.4. The van der Waals surface area contributed by atoms with E-state index in [1.165, 1.54) is 0 Å². The van der Waals surface area contributed by atoms with Crippen LogP contribution in [0.25, 0.3) is 0 Å². The molecule has 0 radical (unpaired) electrons. The van der Waals surface area contributed by atoms with Crippen molar-refractivity contribution in [2.75, 3.05) is 6.54 Å². The van der Waals surface area contributed by atoms with E-state index in [2.05, 4.69) is 31.3 Å². The molecule has 0 aromatic heterocycles. The second-order valence-electron chi connectivity index (χ2n) is 11.3. The third kappa shape index (κ3) is 5.64. The summed E-state index contributed by atoms with van der Waals surface area (Å²) in [5.41, 5.74) is -0.954. The number of rotatable bonds is 8. The van der Waals surface area contributed by atoms with Crippen LogP contribution < -0.4 is 5.32 Å². The van der Waals surface area contributed by atoms with Crippen molar-refractivity contribution in [1.82, 2.24) is 5.32 Å². The average molecular weight is 486 g/mol. The molecule has 194 valence electrons. The number of allylic oxidation sites excluding steroid dienone is 5. The van der Waals surface area contributed by atoms with E-state index in [0.29, 0.717) is 24.7 Å².